The van der Waals surface area contributed by atoms with Crippen molar-refractivity contribution in [2.45, 2.75) is 45.6 Å². The molecule has 2 heteroatoms. The van der Waals surface area contributed by atoms with Crippen LogP contribution in [-0.2, 0) is 4.79 Å². The molecule has 0 bridgehead atoms. The SMILES string of the molecule is CC(=O)N(C)C1CCC[C@H](C)C1. The van der Waals surface area contributed by atoms with E-state index in [1.165, 1.54) is 25.7 Å². The molecule has 1 fully saturated rings. The molecule has 1 saturated carbocycles. The zero-order chi connectivity index (χ0) is 9.14. The first-order valence-electron chi connectivity index (χ1n) is 4.84. The normalized spacial score (nSPS) is 29.9. The van der Waals surface area contributed by atoms with E-state index >= 15 is 0 Å². The lowest BCUT2D eigenvalue weighted by molar-refractivity contribution is -0.130. The van der Waals surface area contributed by atoms with Crippen LogP contribution in [0.4, 0.5) is 0 Å². The highest BCUT2D eigenvalue weighted by Gasteiger charge is 2.23. The average molecular weight is 169 g/mol. The van der Waals surface area contributed by atoms with Crippen LogP contribution in [0, 0.1) is 5.92 Å². The summed E-state index contributed by atoms with van der Waals surface area (Å²) in [5, 5.41) is 0. The van der Waals surface area contributed by atoms with E-state index in [-0.39, 0.29) is 5.91 Å². The fourth-order valence-electron chi connectivity index (χ4n) is 2.01. The molecule has 1 aliphatic rings. The lowest BCUT2D eigenvalue weighted by Gasteiger charge is -2.33. The summed E-state index contributed by atoms with van der Waals surface area (Å²) < 4.78 is 0. The van der Waals surface area contributed by atoms with Crippen LogP contribution in [0.2, 0.25) is 0 Å². The fourth-order valence-corrected chi connectivity index (χ4v) is 2.01. The topological polar surface area (TPSA) is 20.3 Å². The number of hydrogen-bond donors (Lipinski definition) is 0. The van der Waals surface area contributed by atoms with E-state index in [9.17, 15) is 4.79 Å². The number of nitrogens with zero attached hydrogens (tertiary/aromatic N) is 1. The van der Waals surface area contributed by atoms with E-state index in [1.54, 1.807) is 6.92 Å². The summed E-state index contributed by atoms with van der Waals surface area (Å²) in [5.41, 5.74) is 0. The Morgan fingerprint density at radius 3 is 2.58 bits per heavy atom. The van der Waals surface area contributed by atoms with Gasteiger partial charge in [0.15, 0.2) is 0 Å². The van der Waals surface area contributed by atoms with Gasteiger partial charge in [0.1, 0.15) is 0 Å². The lowest BCUT2D eigenvalue weighted by atomic mass is 9.86. The van der Waals surface area contributed by atoms with Crippen molar-refractivity contribution in [2.75, 3.05) is 7.05 Å². The first-order valence-corrected chi connectivity index (χ1v) is 4.84. The molecule has 0 aromatic rings. The second-order valence-corrected chi connectivity index (χ2v) is 4.06. The van der Waals surface area contributed by atoms with Crippen LogP contribution in [0.5, 0.6) is 0 Å². The van der Waals surface area contributed by atoms with Crippen molar-refractivity contribution in [1.82, 2.24) is 4.90 Å². The maximum atomic E-state index is 11.1. The Balaban J connectivity index is 2.45. The van der Waals surface area contributed by atoms with Crippen LogP contribution in [0.3, 0.4) is 0 Å². The van der Waals surface area contributed by atoms with Gasteiger partial charge in [0.2, 0.25) is 5.91 Å². The molecule has 1 rings (SSSR count). The van der Waals surface area contributed by atoms with Gasteiger partial charge in [-0.2, -0.15) is 0 Å². The molecule has 0 aromatic heterocycles. The van der Waals surface area contributed by atoms with Crippen molar-refractivity contribution >= 4 is 5.91 Å². The van der Waals surface area contributed by atoms with Gasteiger partial charge >= 0.3 is 0 Å². The third kappa shape index (κ3) is 2.23. The Labute approximate surface area is 74.9 Å². The molecule has 70 valence electrons. The molecular weight excluding hydrogens is 150 g/mol. The van der Waals surface area contributed by atoms with Gasteiger partial charge in [-0.3, -0.25) is 4.79 Å². The molecule has 0 saturated heterocycles. The maximum absolute atomic E-state index is 11.1. The van der Waals surface area contributed by atoms with Crippen LogP contribution in [0.25, 0.3) is 0 Å². The molecule has 0 N–H and O–H groups in total. The molecule has 1 unspecified atom stereocenters. The summed E-state index contributed by atoms with van der Waals surface area (Å²) in [7, 11) is 1.92. The third-order valence-corrected chi connectivity index (χ3v) is 2.95. The molecule has 0 aliphatic heterocycles. The minimum atomic E-state index is 0.203. The van der Waals surface area contributed by atoms with E-state index in [1.807, 2.05) is 11.9 Å². The summed E-state index contributed by atoms with van der Waals surface area (Å²) in [4.78, 5) is 13.0. The zero-order valence-corrected chi connectivity index (χ0v) is 8.34. The average Bonchev–Trinajstić information content (AvgIpc) is 2.03. The van der Waals surface area contributed by atoms with Crippen LogP contribution in [0.15, 0.2) is 0 Å². The Bertz CT molecular complexity index is 167. The highest BCUT2D eigenvalue weighted by atomic mass is 16.2. The lowest BCUT2D eigenvalue weighted by Crippen LogP contribution is -2.38. The molecule has 0 heterocycles. The standard InChI is InChI=1S/C10H19NO/c1-8-5-4-6-10(7-8)11(3)9(2)12/h8,10H,4-7H2,1-3H3/t8-,10?/m0/s1. The van der Waals surface area contributed by atoms with Gasteiger partial charge in [-0.25, -0.2) is 0 Å². The van der Waals surface area contributed by atoms with Crippen LogP contribution in [-0.4, -0.2) is 23.9 Å². The van der Waals surface area contributed by atoms with E-state index in [4.69, 9.17) is 0 Å². The van der Waals surface area contributed by atoms with Gasteiger partial charge in [0, 0.05) is 20.0 Å². The molecule has 0 radical (unpaired) electrons. The van der Waals surface area contributed by atoms with Gasteiger partial charge in [-0.05, 0) is 18.8 Å². The van der Waals surface area contributed by atoms with E-state index in [2.05, 4.69) is 6.92 Å². The van der Waals surface area contributed by atoms with Crippen LogP contribution in [0.1, 0.15) is 39.5 Å². The van der Waals surface area contributed by atoms with Crippen molar-refractivity contribution in [3.8, 4) is 0 Å². The molecule has 1 aliphatic carbocycles. The van der Waals surface area contributed by atoms with Crippen molar-refractivity contribution < 1.29 is 4.79 Å². The second kappa shape index (κ2) is 3.92. The predicted octanol–water partition coefficient (Wildman–Crippen LogP) is 2.04. The number of carbonyl (C=O) groups excluding carboxylic acids is 1. The number of carbonyl (C=O) groups is 1. The van der Waals surface area contributed by atoms with Crippen molar-refractivity contribution in [3.05, 3.63) is 0 Å². The molecule has 2 atom stereocenters. The Kier molecular flexibility index (Phi) is 3.12. The van der Waals surface area contributed by atoms with Crippen LogP contribution >= 0.6 is 0 Å². The fraction of sp³-hybridized carbons (Fsp3) is 0.900. The Morgan fingerprint density at radius 1 is 1.42 bits per heavy atom. The summed E-state index contributed by atoms with van der Waals surface area (Å²) in [6.07, 6.45) is 5.00. The minimum Gasteiger partial charge on any atom is -0.343 e. The minimum absolute atomic E-state index is 0.203. The Morgan fingerprint density at radius 2 is 2.08 bits per heavy atom. The largest absolute Gasteiger partial charge is 0.343 e. The van der Waals surface area contributed by atoms with E-state index in [0.717, 1.165) is 5.92 Å². The maximum Gasteiger partial charge on any atom is 0.219 e. The molecule has 12 heavy (non-hydrogen) atoms. The number of amides is 1. The van der Waals surface area contributed by atoms with Crippen molar-refractivity contribution in [1.29, 1.82) is 0 Å². The van der Waals surface area contributed by atoms with E-state index in [0.29, 0.717) is 6.04 Å². The van der Waals surface area contributed by atoms with Crippen molar-refractivity contribution in [2.24, 2.45) is 5.92 Å². The molecule has 2 nitrogen and oxygen atoms in total. The molecular formula is C10H19NO. The van der Waals surface area contributed by atoms with Gasteiger partial charge in [-0.15, -0.1) is 0 Å². The highest BCUT2D eigenvalue weighted by Crippen LogP contribution is 2.26. The smallest absolute Gasteiger partial charge is 0.219 e. The van der Waals surface area contributed by atoms with Gasteiger partial charge in [0.05, 0.1) is 0 Å². The number of hydrogen-bond acceptors (Lipinski definition) is 1. The highest BCUT2D eigenvalue weighted by molar-refractivity contribution is 5.73. The summed E-state index contributed by atoms with van der Waals surface area (Å²) in [6.45, 7) is 3.93. The summed E-state index contributed by atoms with van der Waals surface area (Å²) in [5.74, 6) is 1.000. The molecule has 0 spiro atoms. The first-order chi connectivity index (χ1) is 5.61. The number of rotatable bonds is 1. The first kappa shape index (κ1) is 9.56. The van der Waals surface area contributed by atoms with Gasteiger partial charge in [-0.1, -0.05) is 19.8 Å². The summed E-state index contributed by atoms with van der Waals surface area (Å²) >= 11 is 0. The predicted molar refractivity (Wildman–Crippen MR) is 49.9 cm³/mol. The summed E-state index contributed by atoms with van der Waals surface area (Å²) in [6, 6.07) is 0.506. The zero-order valence-electron chi connectivity index (χ0n) is 8.34. The second-order valence-electron chi connectivity index (χ2n) is 4.06. The van der Waals surface area contributed by atoms with Gasteiger partial charge in [0.25, 0.3) is 0 Å². The van der Waals surface area contributed by atoms with Crippen molar-refractivity contribution in [3.63, 3.8) is 0 Å². The van der Waals surface area contributed by atoms with E-state index < -0.39 is 0 Å². The monoisotopic (exact) mass is 169 g/mol. The quantitative estimate of drug-likeness (QED) is 0.588. The molecule has 1 amide bonds. The Hall–Kier alpha value is -0.530. The van der Waals surface area contributed by atoms with Crippen LogP contribution < -0.4 is 0 Å². The molecule has 0 aromatic carbocycles. The van der Waals surface area contributed by atoms with Gasteiger partial charge < -0.3 is 4.90 Å². The third-order valence-electron chi connectivity index (χ3n) is 2.95.